The average molecular weight is 332 g/mol. The molecule has 134 valence electrons. The Morgan fingerprint density at radius 2 is 2.12 bits per heavy atom. The van der Waals surface area contributed by atoms with E-state index in [1.807, 2.05) is 7.05 Å². The molecular weight excluding hydrogens is 300 g/mol. The van der Waals surface area contributed by atoms with E-state index in [0.717, 1.165) is 51.3 Å². The molecule has 0 radical (unpaired) electrons. The molecular formula is C19H32N4O. The van der Waals surface area contributed by atoms with Crippen molar-refractivity contribution in [1.29, 1.82) is 0 Å². The van der Waals surface area contributed by atoms with E-state index in [0.29, 0.717) is 17.9 Å². The van der Waals surface area contributed by atoms with Crippen LogP contribution in [0.25, 0.3) is 0 Å². The summed E-state index contributed by atoms with van der Waals surface area (Å²) in [7, 11) is 1.82. The molecule has 24 heavy (non-hydrogen) atoms. The minimum Gasteiger partial charge on any atom is -0.356 e. The Morgan fingerprint density at radius 3 is 2.83 bits per heavy atom. The molecule has 0 aromatic rings. The number of likely N-dealkylation sites (tertiary alicyclic amines) is 1. The third kappa shape index (κ3) is 4.52. The van der Waals surface area contributed by atoms with Crippen molar-refractivity contribution in [1.82, 2.24) is 15.5 Å². The fourth-order valence-corrected chi connectivity index (χ4v) is 4.20. The summed E-state index contributed by atoms with van der Waals surface area (Å²) in [6.07, 6.45) is 12.9. The molecule has 0 aromatic carbocycles. The average Bonchev–Trinajstić information content (AvgIpc) is 3.34. The highest BCUT2D eigenvalue weighted by Gasteiger charge is 2.32. The summed E-state index contributed by atoms with van der Waals surface area (Å²) in [5.74, 6) is 1.54. The Kier molecular flexibility index (Phi) is 6.16. The minimum atomic E-state index is 0.292. The Morgan fingerprint density at radius 1 is 1.29 bits per heavy atom. The van der Waals surface area contributed by atoms with E-state index in [9.17, 15) is 4.79 Å². The fourth-order valence-electron chi connectivity index (χ4n) is 4.20. The van der Waals surface area contributed by atoms with E-state index in [1.54, 1.807) is 5.57 Å². The first-order valence-electron chi connectivity index (χ1n) is 9.70. The van der Waals surface area contributed by atoms with Crippen LogP contribution in [-0.4, -0.2) is 49.5 Å². The second-order valence-corrected chi connectivity index (χ2v) is 7.40. The van der Waals surface area contributed by atoms with Crippen LogP contribution >= 0.6 is 0 Å². The van der Waals surface area contributed by atoms with Crippen LogP contribution in [0.15, 0.2) is 16.6 Å². The Hall–Kier alpha value is -1.52. The maximum Gasteiger partial charge on any atom is 0.225 e. The lowest BCUT2D eigenvalue weighted by atomic mass is 10.1. The quantitative estimate of drug-likeness (QED) is 0.462. The minimum absolute atomic E-state index is 0.292. The normalized spacial score (nSPS) is 25.2. The maximum atomic E-state index is 12.5. The molecule has 0 aromatic heterocycles. The third-order valence-electron chi connectivity index (χ3n) is 5.64. The van der Waals surface area contributed by atoms with Crippen LogP contribution < -0.4 is 10.6 Å². The van der Waals surface area contributed by atoms with Crippen molar-refractivity contribution in [3.05, 3.63) is 11.6 Å². The molecule has 5 heteroatoms. The standard InChI is InChI=1S/C19H32N4O/c1-20-19(21-12-10-15-6-2-3-7-15)22-17-11-13-23(14-17)18(24)16-8-4-5-9-16/h6,16-17H,2-5,7-14H2,1H3,(H2,20,21,22). The van der Waals surface area contributed by atoms with Gasteiger partial charge in [-0.15, -0.1) is 0 Å². The Balaban J connectivity index is 1.39. The topological polar surface area (TPSA) is 56.7 Å². The molecule has 0 spiro atoms. The first kappa shape index (κ1) is 17.3. The molecule has 2 N–H and O–H groups in total. The zero-order valence-corrected chi connectivity index (χ0v) is 15.0. The highest BCUT2D eigenvalue weighted by Crippen LogP contribution is 2.27. The zero-order valence-electron chi connectivity index (χ0n) is 15.0. The van der Waals surface area contributed by atoms with Crippen molar-refractivity contribution in [2.45, 2.75) is 63.8 Å². The molecule has 2 aliphatic carbocycles. The molecule has 2 fully saturated rings. The molecule has 0 bridgehead atoms. The van der Waals surface area contributed by atoms with Crippen LogP contribution in [0.2, 0.25) is 0 Å². The number of carbonyl (C=O) groups excluding carboxylic acids is 1. The van der Waals surface area contributed by atoms with Crippen LogP contribution in [0.4, 0.5) is 0 Å². The lowest BCUT2D eigenvalue weighted by Crippen LogP contribution is -2.45. The van der Waals surface area contributed by atoms with Gasteiger partial charge in [0.25, 0.3) is 0 Å². The van der Waals surface area contributed by atoms with Crippen LogP contribution in [-0.2, 0) is 4.79 Å². The van der Waals surface area contributed by atoms with Gasteiger partial charge in [-0.1, -0.05) is 24.5 Å². The molecule has 1 aliphatic heterocycles. The van der Waals surface area contributed by atoms with E-state index < -0.39 is 0 Å². The van der Waals surface area contributed by atoms with Crippen LogP contribution in [0, 0.1) is 5.92 Å². The smallest absolute Gasteiger partial charge is 0.225 e. The van der Waals surface area contributed by atoms with Gasteiger partial charge >= 0.3 is 0 Å². The number of aliphatic imine (C=N–C) groups is 1. The summed E-state index contributed by atoms with van der Waals surface area (Å²) in [5.41, 5.74) is 1.58. The van der Waals surface area contributed by atoms with E-state index in [1.165, 1.54) is 32.1 Å². The predicted octanol–water partition coefficient (Wildman–Crippen LogP) is 2.44. The maximum absolute atomic E-state index is 12.5. The van der Waals surface area contributed by atoms with Crippen LogP contribution in [0.5, 0.6) is 0 Å². The number of nitrogens with zero attached hydrogens (tertiary/aromatic N) is 2. The number of amides is 1. The van der Waals surface area contributed by atoms with Crippen molar-refractivity contribution in [2.24, 2.45) is 10.9 Å². The van der Waals surface area contributed by atoms with Crippen molar-refractivity contribution in [3.8, 4) is 0 Å². The summed E-state index contributed by atoms with van der Waals surface area (Å²) < 4.78 is 0. The van der Waals surface area contributed by atoms with Crippen LogP contribution in [0.1, 0.15) is 57.8 Å². The third-order valence-corrected chi connectivity index (χ3v) is 5.64. The molecule has 1 unspecified atom stereocenters. The summed E-state index contributed by atoms with van der Waals surface area (Å²) in [5, 5.41) is 6.91. The number of rotatable bonds is 5. The van der Waals surface area contributed by atoms with Gasteiger partial charge in [0, 0.05) is 38.6 Å². The lowest BCUT2D eigenvalue weighted by molar-refractivity contribution is -0.134. The van der Waals surface area contributed by atoms with Crippen molar-refractivity contribution in [2.75, 3.05) is 26.7 Å². The SMILES string of the molecule is CN=C(NCCC1=CCCC1)NC1CCN(C(=O)C2CCCC2)C1. The number of nitrogens with one attached hydrogen (secondary N) is 2. The van der Waals surface area contributed by atoms with Crippen molar-refractivity contribution >= 4 is 11.9 Å². The molecule has 5 nitrogen and oxygen atoms in total. The van der Waals surface area contributed by atoms with Crippen molar-refractivity contribution < 1.29 is 4.79 Å². The zero-order chi connectivity index (χ0) is 16.8. The highest BCUT2D eigenvalue weighted by atomic mass is 16.2. The second kappa shape index (κ2) is 8.54. The van der Waals surface area contributed by atoms with Gasteiger partial charge in [0.15, 0.2) is 5.96 Å². The van der Waals surface area contributed by atoms with E-state index in [4.69, 9.17) is 0 Å². The lowest BCUT2D eigenvalue weighted by Gasteiger charge is -2.21. The molecule has 3 aliphatic rings. The van der Waals surface area contributed by atoms with Gasteiger partial charge in [0.1, 0.15) is 0 Å². The van der Waals surface area contributed by atoms with Gasteiger partial charge in [0.05, 0.1) is 0 Å². The number of allylic oxidation sites excluding steroid dienone is 1. The first-order valence-corrected chi connectivity index (χ1v) is 9.70. The highest BCUT2D eigenvalue weighted by molar-refractivity contribution is 5.81. The Bertz CT molecular complexity index is 494. The summed E-state index contributed by atoms with van der Waals surface area (Å²) in [6, 6.07) is 0.326. The second-order valence-electron chi connectivity index (χ2n) is 7.40. The number of hydrogen-bond donors (Lipinski definition) is 2. The van der Waals surface area contributed by atoms with E-state index in [-0.39, 0.29) is 0 Å². The number of hydrogen-bond acceptors (Lipinski definition) is 2. The summed E-state index contributed by atoms with van der Waals surface area (Å²) in [4.78, 5) is 18.9. The van der Waals surface area contributed by atoms with Gasteiger partial charge in [-0.05, 0) is 44.9 Å². The monoisotopic (exact) mass is 332 g/mol. The van der Waals surface area contributed by atoms with E-state index >= 15 is 0 Å². The summed E-state index contributed by atoms with van der Waals surface area (Å²) >= 11 is 0. The molecule has 3 rings (SSSR count). The molecule has 1 saturated carbocycles. The van der Waals surface area contributed by atoms with Gasteiger partial charge in [-0.25, -0.2) is 0 Å². The molecule has 1 saturated heterocycles. The van der Waals surface area contributed by atoms with Gasteiger partial charge < -0.3 is 15.5 Å². The largest absolute Gasteiger partial charge is 0.356 e. The van der Waals surface area contributed by atoms with E-state index in [2.05, 4.69) is 26.6 Å². The molecule has 1 heterocycles. The van der Waals surface area contributed by atoms with Crippen LogP contribution in [0.3, 0.4) is 0 Å². The van der Waals surface area contributed by atoms with Gasteiger partial charge in [0.2, 0.25) is 5.91 Å². The van der Waals surface area contributed by atoms with Crippen molar-refractivity contribution in [3.63, 3.8) is 0 Å². The molecule has 1 atom stereocenters. The predicted molar refractivity (Wildman–Crippen MR) is 98.0 cm³/mol. The van der Waals surface area contributed by atoms with Gasteiger partial charge in [-0.2, -0.15) is 0 Å². The Labute approximate surface area is 146 Å². The molecule has 1 amide bonds. The number of guanidine groups is 1. The van der Waals surface area contributed by atoms with Gasteiger partial charge in [-0.3, -0.25) is 9.79 Å². The first-order chi connectivity index (χ1) is 11.8. The fraction of sp³-hybridized carbons (Fsp3) is 0.789. The number of carbonyl (C=O) groups is 1. The summed E-state index contributed by atoms with van der Waals surface area (Å²) in [6.45, 7) is 2.64.